The van der Waals surface area contributed by atoms with E-state index in [1.165, 1.54) is 11.1 Å². The predicted molar refractivity (Wildman–Crippen MR) is 116 cm³/mol. The minimum atomic E-state index is -0.00920. The van der Waals surface area contributed by atoms with Crippen LogP contribution in [0.25, 0.3) is 5.65 Å². The Hall–Kier alpha value is -2.48. The van der Waals surface area contributed by atoms with Crippen molar-refractivity contribution in [2.24, 2.45) is 11.8 Å². The van der Waals surface area contributed by atoms with Crippen molar-refractivity contribution in [2.75, 3.05) is 26.2 Å². The smallest absolute Gasteiger partial charge is 0.259 e. The van der Waals surface area contributed by atoms with Crippen LogP contribution in [0.4, 0.5) is 0 Å². The molecule has 2 aliphatic heterocycles. The molecule has 0 saturated carbocycles. The molecule has 0 radical (unpaired) electrons. The molecule has 2 saturated heterocycles. The number of amides is 1. The molecular formula is C22H26ClN5O2. The number of hydrogen-bond acceptors (Lipinski definition) is 5. The third kappa shape index (κ3) is 3.37. The van der Waals surface area contributed by atoms with E-state index in [0.717, 1.165) is 25.2 Å². The van der Waals surface area contributed by atoms with Crippen LogP contribution in [-0.4, -0.2) is 56.8 Å². The highest BCUT2D eigenvalue weighted by Crippen LogP contribution is 2.44. The van der Waals surface area contributed by atoms with Gasteiger partial charge in [0, 0.05) is 44.6 Å². The normalized spacial score (nSPS) is 22.9. The summed E-state index contributed by atoms with van der Waals surface area (Å²) in [6, 6.07) is 8.43. The van der Waals surface area contributed by atoms with Gasteiger partial charge in [-0.25, -0.2) is 9.50 Å². The summed E-state index contributed by atoms with van der Waals surface area (Å²) in [5, 5.41) is 17.0. The van der Waals surface area contributed by atoms with Gasteiger partial charge in [0.25, 0.3) is 5.91 Å². The lowest BCUT2D eigenvalue weighted by molar-refractivity contribution is 0.0715. The van der Waals surface area contributed by atoms with E-state index in [1.807, 2.05) is 17.2 Å². The first kappa shape index (κ1) is 20.8. The summed E-state index contributed by atoms with van der Waals surface area (Å²) >= 11 is 0. The first-order valence-corrected chi connectivity index (χ1v) is 10.2. The van der Waals surface area contributed by atoms with Crippen molar-refractivity contribution in [1.82, 2.24) is 24.8 Å². The quantitative estimate of drug-likeness (QED) is 0.665. The SMILES string of the molecule is Cc1ccccc1[C@@H]1[C@H]2CNC[C@H]2CN1C(=O)c1cnn2cc(CCO)cnc12.Cl. The molecule has 0 aliphatic carbocycles. The van der Waals surface area contributed by atoms with E-state index < -0.39 is 0 Å². The van der Waals surface area contributed by atoms with Gasteiger partial charge in [0.1, 0.15) is 5.56 Å². The molecule has 0 spiro atoms. The lowest BCUT2D eigenvalue weighted by Gasteiger charge is -2.29. The molecule has 1 aromatic carbocycles. The summed E-state index contributed by atoms with van der Waals surface area (Å²) in [4.78, 5) is 20.1. The molecule has 0 bridgehead atoms. The summed E-state index contributed by atoms with van der Waals surface area (Å²) in [5.41, 5.74) is 4.44. The van der Waals surface area contributed by atoms with E-state index in [2.05, 4.69) is 40.5 Å². The zero-order chi connectivity index (χ0) is 20.0. The van der Waals surface area contributed by atoms with Crippen LogP contribution >= 0.6 is 12.4 Å². The Bertz CT molecular complexity index is 1070. The van der Waals surface area contributed by atoms with Gasteiger partial charge in [-0.2, -0.15) is 5.10 Å². The average molecular weight is 428 g/mol. The van der Waals surface area contributed by atoms with Gasteiger partial charge in [0.2, 0.25) is 0 Å². The van der Waals surface area contributed by atoms with Crippen molar-refractivity contribution in [1.29, 1.82) is 0 Å². The lowest BCUT2D eigenvalue weighted by atomic mass is 9.87. The number of likely N-dealkylation sites (tertiary alicyclic amines) is 1. The van der Waals surface area contributed by atoms with E-state index in [0.29, 0.717) is 29.5 Å². The van der Waals surface area contributed by atoms with Crippen molar-refractivity contribution < 1.29 is 9.90 Å². The minimum absolute atomic E-state index is 0. The predicted octanol–water partition coefficient (Wildman–Crippen LogP) is 2.03. The Morgan fingerprint density at radius 2 is 2.10 bits per heavy atom. The molecule has 3 aromatic rings. The Balaban J connectivity index is 0.00000218. The molecule has 158 valence electrons. The van der Waals surface area contributed by atoms with Gasteiger partial charge in [-0.05, 0) is 36.0 Å². The summed E-state index contributed by atoms with van der Waals surface area (Å²) in [7, 11) is 0. The van der Waals surface area contributed by atoms with Crippen LogP contribution in [0.1, 0.15) is 33.1 Å². The van der Waals surface area contributed by atoms with Crippen LogP contribution in [0.3, 0.4) is 0 Å². The molecule has 2 fully saturated rings. The number of hydrogen-bond donors (Lipinski definition) is 2. The van der Waals surface area contributed by atoms with Crippen molar-refractivity contribution in [2.45, 2.75) is 19.4 Å². The van der Waals surface area contributed by atoms with E-state index in [4.69, 9.17) is 5.11 Å². The minimum Gasteiger partial charge on any atom is -0.396 e. The van der Waals surface area contributed by atoms with Crippen molar-refractivity contribution in [3.8, 4) is 0 Å². The van der Waals surface area contributed by atoms with Crippen LogP contribution in [0.5, 0.6) is 0 Å². The highest BCUT2D eigenvalue weighted by atomic mass is 35.5. The fourth-order valence-electron chi connectivity index (χ4n) is 4.92. The largest absolute Gasteiger partial charge is 0.396 e. The van der Waals surface area contributed by atoms with E-state index in [-0.39, 0.29) is 31.0 Å². The summed E-state index contributed by atoms with van der Waals surface area (Å²) in [6.45, 7) is 4.81. The standard InChI is InChI=1S/C22H25N5O2.ClH/c1-14-4-2-3-5-17(14)20-18-10-23-9-16(18)13-26(20)22(29)19-11-25-27-12-15(6-7-28)8-24-21(19)27;/h2-5,8,11-12,16,18,20,23,28H,6-7,9-10,13H2,1H3;1H/t16-,18-,20+;/m0./s1. The molecule has 7 nitrogen and oxygen atoms in total. The maximum atomic E-state index is 13.6. The number of aliphatic hydroxyl groups is 1. The first-order chi connectivity index (χ1) is 14.2. The van der Waals surface area contributed by atoms with E-state index in [9.17, 15) is 4.79 Å². The number of aryl methyl sites for hydroxylation is 1. The van der Waals surface area contributed by atoms with Gasteiger partial charge in [0.15, 0.2) is 5.65 Å². The van der Waals surface area contributed by atoms with Crippen LogP contribution in [-0.2, 0) is 6.42 Å². The van der Waals surface area contributed by atoms with Crippen molar-refractivity contribution in [3.05, 3.63) is 65.1 Å². The molecule has 5 rings (SSSR count). The Labute approximate surface area is 181 Å². The molecule has 1 amide bonds. The molecule has 2 aliphatic rings. The molecule has 0 unspecified atom stereocenters. The number of nitrogens with zero attached hydrogens (tertiary/aromatic N) is 4. The number of aromatic nitrogens is 3. The Kier molecular flexibility index (Phi) is 5.77. The van der Waals surface area contributed by atoms with Gasteiger partial charge < -0.3 is 15.3 Å². The second-order valence-corrected chi connectivity index (χ2v) is 8.10. The second-order valence-electron chi connectivity index (χ2n) is 8.10. The molecule has 2 N–H and O–H groups in total. The molecule has 8 heteroatoms. The summed E-state index contributed by atoms with van der Waals surface area (Å²) in [5.74, 6) is 0.880. The first-order valence-electron chi connectivity index (χ1n) is 10.2. The van der Waals surface area contributed by atoms with Gasteiger partial charge in [-0.1, -0.05) is 24.3 Å². The number of nitrogens with one attached hydrogen (secondary N) is 1. The van der Waals surface area contributed by atoms with Gasteiger partial charge >= 0.3 is 0 Å². The highest BCUT2D eigenvalue weighted by molar-refractivity contribution is 6.00. The monoisotopic (exact) mass is 427 g/mol. The van der Waals surface area contributed by atoms with Crippen LogP contribution in [0.15, 0.2) is 42.9 Å². The summed E-state index contributed by atoms with van der Waals surface area (Å²) in [6.07, 6.45) is 5.68. The Morgan fingerprint density at radius 3 is 2.90 bits per heavy atom. The second kappa shape index (κ2) is 8.34. The fraction of sp³-hybridized carbons (Fsp3) is 0.409. The number of rotatable bonds is 4. The molecule has 30 heavy (non-hydrogen) atoms. The van der Waals surface area contributed by atoms with Crippen molar-refractivity contribution in [3.63, 3.8) is 0 Å². The zero-order valence-electron chi connectivity index (χ0n) is 16.9. The topological polar surface area (TPSA) is 82.8 Å². The number of carbonyl (C=O) groups excluding carboxylic acids is 1. The van der Waals surface area contributed by atoms with Gasteiger partial charge in [-0.15, -0.1) is 12.4 Å². The third-order valence-corrected chi connectivity index (χ3v) is 6.37. The maximum absolute atomic E-state index is 13.6. The Morgan fingerprint density at radius 1 is 1.27 bits per heavy atom. The van der Waals surface area contributed by atoms with Crippen LogP contribution in [0, 0.1) is 18.8 Å². The number of aliphatic hydroxyl groups excluding tert-OH is 1. The zero-order valence-corrected chi connectivity index (χ0v) is 17.7. The number of benzene rings is 1. The van der Waals surface area contributed by atoms with E-state index >= 15 is 0 Å². The van der Waals surface area contributed by atoms with Crippen LogP contribution in [0.2, 0.25) is 0 Å². The fourth-order valence-corrected chi connectivity index (χ4v) is 4.92. The van der Waals surface area contributed by atoms with Crippen LogP contribution < -0.4 is 5.32 Å². The maximum Gasteiger partial charge on any atom is 0.259 e. The third-order valence-electron chi connectivity index (χ3n) is 6.37. The summed E-state index contributed by atoms with van der Waals surface area (Å²) < 4.78 is 1.64. The highest BCUT2D eigenvalue weighted by Gasteiger charge is 2.47. The van der Waals surface area contributed by atoms with E-state index in [1.54, 1.807) is 16.9 Å². The molecule has 4 heterocycles. The molecule has 3 atom stereocenters. The van der Waals surface area contributed by atoms with Crippen molar-refractivity contribution >= 4 is 24.0 Å². The number of halogens is 1. The molecular weight excluding hydrogens is 402 g/mol. The van der Waals surface area contributed by atoms with Gasteiger partial charge in [0.05, 0.1) is 12.2 Å². The lowest BCUT2D eigenvalue weighted by Crippen LogP contribution is -2.35. The number of carbonyl (C=O) groups is 1. The van der Waals surface area contributed by atoms with Gasteiger partial charge in [-0.3, -0.25) is 4.79 Å². The molecule has 2 aromatic heterocycles. The number of fused-ring (bicyclic) bond motifs is 2. The average Bonchev–Trinajstić information content (AvgIpc) is 3.42.